The maximum absolute atomic E-state index is 12.4. The van der Waals surface area contributed by atoms with Crippen LogP contribution in [0.5, 0.6) is 0 Å². The van der Waals surface area contributed by atoms with Crippen molar-refractivity contribution < 1.29 is 22.7 Å². The highest BCUT2D eigenvalue weighted by Gasteiger charge is 2.32. The normalized spacial score (nSPS) is 12.9. The minimum Gasteiger partial charge on any atom is -0.374 e. The predicted molar refractivity (Wildman–Crippen MR) is 80.7 cm³/mol. The minimum atomic E-state index is -4.53. The molecule has 2 aromatic heterocycles. The molecule has 0 saturated carbocycles. The van der Waals surface area contributed by atoms with E-state index in [0.29, 0.717) is 4.34 Å². The van der Waals surface area contributed by atoms with Gasteiger partial charge in [-0.1, -0.05) is 11.6 Å². The third-order valence-corrected chi connectivity index (χ3v) is 4.28. The summed E-state index contributed by atoms with van der Waals surface area (Å²) in [7, 11) is 1.49. The number of pyridine rings is 1. The van der Waals surface area contributed by atoms with E-state index in [1.807, 2.05) is 0 Å². The topological polar surface area (TPSA) is 51.2 Å². The molecule has 2 heterocycles. The molecule has 0 bridgehead atoms. The van der Waals surface area contributed by atoms with Gasteiger partial charge in [0.15, 0.2) is 0 Å². The molecule has 2 rings (SSSR count). The Balaban J connectivity index is 1.98. The van der Waals surface area contributed by atoms with E-state index in [-0.39, 0.29) is 18.2 Å². The van der Waals surface area contributed by atoms with Crippen LogP contribution >= 0.6 is 22.9 Å². The molecule has 2 aromatic rings. The fourth-order valence-electron chi connectivity index (χ4n) is 1.78. The van der Waals surface area contributed by atoms with E-state index >= 15 is 0 Å². The van der Waals surface area contributed by atoms with E-state index in [1.165, 1.54) is 18.4 Å². The number of rotatable bonds is 5. The Bertz CT molecular complexity index is 673. The Morgan fingerprint density at radius 2 is 2.13 bits per heavy atom. The van der Waals surface area contributed by atoms with E-state index in [2.05, 4.69) is 10.3 Å². The smallest absolute Gasteiger partial charge is 0.374 e. The molecule has 0 radical (unpaired) electrons. The zero-order valence-electron chi connectivity index (χ0n) is 11.9. The van der Waals surface area contributed by atoms with Gasteiger partial charge in [0.25, 0.3) is 5.91 Å². The Kier molecular flexibility index (Phi) is 5.61. The van der Waals surface area contributed by atoms with E-state index in [0.717, 1.165) is 23.2 Å². The molecule has 0 saturated heterocycles. The van der Waals surface area contributed by atoms with E-state index in [9.17, 15) is 18.0 Å². The molecule has 9 heteroatoms. The van der Waals surface area contributed by atoms with Crippen LogP contribution in [0.25, 0.3) is 0 Å². The SMILES string of the molecule is COC(CNC(=O)c1ccc(C(F)(F)F)nc1)c1ccc(Cl)s1. The van der Waals surface area contributed by atoms with Crippen molar-refractivity contribution in [1.82, 2.24) is 10.3 Å². The van der Waals surface area contributed by atoms with Gasteiger partial charge >= 0.3 is 6.18 Å². The Labute approximate surface area is 139 Å². The molecule has 0 spiro atoms. The first-order chi connectivity index (χ1) is 10.8. The fraction of sp³-hybridized carbons (Fsp3) is 0.286. The zero-order valence-corrected chi connectivity index (χ0v) is 13.4. The summed E-state index contributed by atoms with van der Waals surface area (Å²) in [5, 5.41) is 2.59. The standard InChI is InChI=1S/C14H12ClF3N2O2S/c1-22-9(10-3-5-12(15)23-10)7-20-13(21)8-2-4-11(19-6-8)14(16,17)18/h2-6,9H,7H2,1H3,(H,20,21). The van der Waals surface area contributed by atoms with Gasteiger partial charge in [0.2, 0.25) is 0 Å². The number of carbonyl (C=O) groups is 1. The molecule has 0 fully saturated rings. The molecule has 0 aromatic carbocycles. The summed E-state index contributed by atoms with van der Waals surface area (Å²) < 4.78 is 43.1. The number of carbonyl (C=O) groups excluding carboxylic acids is 1. The molecule has 0 aliphatic rings. The number of hydrogen-bond acceptors (Lipinski definition) is 4. The van der Waals surface area contributed by atoms with Crippen LogP contribution in [0.3, 0.4) is 0 Å². The maximum atomic E-state index is 12.4. The fourth-order valence-corrected chi connectivity index (χ4v) is 2.92. The molecular formula is C14H12ClF3N2O2S. The predicted octanol–water partition coefficient (Wildman–Crippen LogP) is 3.93. The number of nitrogens with one attached hydrogen (secondary N) is 1. The average Bonchev–Trinajstić information content (AvgIpc) is 2.93. The summed E-state index contributed by atoms with van der Waals surface area (Å²) in [5.41, 5.74) is -1.01. The second kappa shape index (κ2) is 7.29. The lowest BCUT2D eigenvalue weighted by molar-refractivity contribution is -0.141. The number of nitrogens with zero attached hydrogens (tertiary/aromatic N) is 1. The quantitative estimate of drug-likeness (QED) is 0.874. The van der Waals surface area contributed by atoms with Crippen molar-refractivity contribution in [3.05, 3.63) is 50.9 Å². The largest absolute Gasteiger partial charge is 0.433 e. The number of alkyl halides is 3. The third-order valence-electron chi connectivity index (χ3n) is 2.96. The second-order valence-electron chi connectivity index (χ2n) is 4.51. The van der Waals surface area contributed by atoms with Gasteiger partial charge in [0, 0.05) is 24.7 Å². The van der Waals surface area contributed by atoms with Gasteiger partial charge in [0.05, 0.1) is 9.90 Å². The number of thiophene rings is 1. The molecule has 23 heavy (non-hydrogen) atoms. The summed E-state index contributed by atoms with van der Waals surface area (Å²) in [6, 6.07) is 5.35. The number of aromatic nitrogens is 1. The number of amides is 1. The summed E-state index contributed by atoms with van der Waals surface area (Å²) in [4.78, 5) is 16.0. The lowest BCUT2D eigenvalue weighted by atomic mass is 10.2. The molecule has 1 amide bonds. The van der Waals surface area contributed by atoms with Gasteiger partial charge in [-0.25, -0.2) is 0 Å². The first-order valence-corrected chi connectivity index (χ1v) is 7.60. The molecule has 0 aliphatic heterocycles. The summed E-state index contributed by atoms with van der Waals surface area (Å²) in [6.45, 7) is 0.160. The van der Waals surface area contributed by atoms with Crippen LogP contribution in [-0.4, -0.2) is 24.5 Å². The van der Waals surface area contributed by atoms with E-state index in [1.54, 1.807) is 12.1 Å². The molecule has 124 valence electrons. The Morgan fingerprint density at radius 1 is 1.39 bits per heavy atom. The first kappa shape index (κ1) is 17.7. The molecule has 1 unspecified atom stereocenters. The highest BCUT2D eigenvalue weighted by atomic mass is 35.5. The van der Waals surface area contributed by atoms with Crippen LogP contribution in [-0.2, 0) is 10.9 Å². The van der Waals surface area contributed by atoms with Gasteiger partial charge in [-0.2, -0.15) is 13.2 Å². The molecule has 0 aliphatic carbocycles. The monoisotopic (exact) mass is 364 g/mol. The number of ether oxygens (including phenoxy) is 1. The van der Waals surface area contributed by atoms with Crippen molar-refractivity contribution >= 4 is 28.8 Å². The number of halogens is 4. The number of methoxy groups -OCH3 is 1. The van der Waals surface area contributed by atoms with Gasteiger partial charge in [-0.3, -0.25) is 9.78 Å². The van der Waals surface area contributed by atoms with Crippen LogP contribution < -0.4 is 5.32 Å². The first-order valence-electron chi connectivity index (χ1n) is 6.40. The minimum absolute atomic E-state index is 0.0389. The van der Waals surface area contributed by atoms with Crippen molar-refractivity contribution in [1.29, 1.82) is 0 Å². The lowest BCUT2D eigenvalue weighted by Crippen LogP contribution is -2.29. The summed E-state index contributed by atoms with van der Waals surface area (Å²) in [5.74, 6) is -0.532. The van der Waals surface area contributed by atoms with E-state index < -0.39 is 17.8 Å². The lowest BCUT2D eigenvalue weighted by Gasteiger charge is -2.14. The highest BCUT2D eigenvalue weighted by molar-refractivity contribution is 7.16. The third kappa shape index (κ3) is 4.66. The van der Waals surface area contributed by atoms with Crippen LogP contribution in [0, 0.1) is 0 Å². The van der Waals surface area contributed by atoms with Crippen LogP contribution in [0.15, 0.2) is 30.5 Å². The maximum Gasteiger partial charge on any atom is 0.433 e. The van der Waals surface area contributed by atoms with Crippen molar-refractivity contribution in [2.75, 3.05) is 13.7 Å². The van der Waals surface area contributed by atoms with Gasteiger partial charge in [-0.15, -0.1) is 11.3 Å². The molecule has 1 N–H and O–H groups in total. The van der Waals surface area contributed by atoms with Crippen LogP contribution in [0.1, 0.15) is 27.0 Å². The molecule has 4 nitrogen and oxygen atoms in total. The van der Waals surface area contributed by atoms with Gasteiger partial charge < -0.3 is 10.1 Å². The molecule has 1 atom stereocenters. The van der Waals surface area contributed by atoms with Crippen molar-refractivity contribution in [3.63, 3.8) is 0 Å². The Hall–Kier alpha value is -1.64. The summed E-state index contributed by atoms with van der Waals surface area (Å²) in [6.07, 6.45) is -4.03. The highest BCUT2D eigenvalue weighted by Crippen LogP contribution is 2.29. The van der Waals surface area contributed by atoms with Crippen molar-refractivity contribution in [2.24, 2.45) is 0 Å². The molecular weight excluding hydrogens is 353 g/mol. The number of hydrogen-bond donors (Lipinski definition) is 1. The summed E-state index contributed by atoms with van der Waals surface area (Å²) >= 11 is 7.17. The van der Waals surface area contributed by atoms with E-state index in [4.69, 9.17) is 16.3 Å². The van der Waals surface area contributed by atoms with Crippen LogP contribution in [0.2, 0.25) is 4.34 Å². The zero-order chi connectivity index (χ0) is 17.0. The van der Waals surface area contributed by atoms with Crippen LogP contribution in [0.4, 0.5) is 13.2 Å². The Morgan fingerprint density at radius 3 is 2.61 bits per heavy atom. The second-order valence-corrected chi connectivity index (χ2v) is 6.25. The average molecular weight is 365 g/mol. The van der Waals surface area contributed by atoms with Crippen molar-refractivity contribution in [2.45, 2.75) is 12.3 Å². The van der Waals surface area contributed by atoms with Gasteiger partial charge in [0.1, 0.15) is 11.8 Å². The van der Waals surface area contributed by atoms with Crippen molar-refractivity contribution in [3.8, 4) is 0 Å². The van der Waals surface area contributed by atoms with Gasteiger partial charge in [-0.05, 0) is 24.3 Å².